The average molecular weight is 286 g/mol. The Morgan fingerprint density at radius 2 is 1.95 bits per heavy atom. The number of benzene rings is 1. The van der Waals surface area contributed by atoms with E-state index in [2.05, 4.69) is 0 Å². The summed E-state index contributed by atoms with van der Waals surface area (Å²) >= 11 is 0. The molecule has 0 unspecified atom stereocenters. The molecule has 8 heteroatoms. The van der Waals surface area contributed by atoms with Crippen LogP contribution in [0.25, 0.3) is 0 Å². The highest BCUT2D eigenvalue weighted by Gasteiger charge is 2.30. The second-order valence-corrected chi connectivity index (χ2v) is 3.73. The van der Waals surface area contributed by atoms with Gasteiger partial charge in [-0.25, -0.2) is 0 Å². The number of nitrogens with zero attached hydrogens (tertiary/aromatic N) is 1. The molecule has 0 atom stereocenters. The number of ether oxygens (including phenoxy) is 4. The fraction of sp³-hybridized carbons (Fsp3) is 0.500. The quantitative estimate of drug-likeness (QED) is 0.435. The number of nitrogens with two attached hydrogens (primary N) is 1. The van der Waals surface area contributed by atoms with Crippen LogP contribution in [0, 0.1) is 10.1 Å². The van der Waals surface area contributed by atoms with Gasteiger partial charge in [0.2, 0.25) is 5.75 Å². The minimum atomic E-state index is -0.868. The van der Waals surface area contributed by atoms with Crippen LogP contribution in [0.1, 0.15) is 11.9 Å². The van der Waals surface area contributed by atoms with E-state index in [0.29, 0.717) is 0 Å². The second kappa shape index (κ2) is 7.63. The van der Waals surface area contributed by atoms with E-state index in [9.17, 15) is 10.1 Å². The standard InChI is InChI=1S/C12H18N2O6/c1-17-11-9(20-7-6-13)5-4-8(10(11)14(15)16)12(18-2)19-3/h4-5,12H,6-7,13H2,1-3H3. The van der Waals surface area contributed by atoms with Gasteiger partial charge in [-0.05, 0) is 12.1 Å². The summed E-state index contributed by atoms with van der Waals surface area (Å²) in [7, 11) is 4.11. The molecule has 112 valence electrons. The van der Waals surface area contributed by atoms with Crippen LogP contribution in [0.2, 0.25) is 0 Å². The van der Waals surface area contributed by atoms with Crippen LogP contribution < -0.4 is 15.2 Å². The highest BCUT2D eigenvalue weighted by molar-refractivity contribution is 5.61. The van der Waals surface area contributed by atoms with E-state index in [1.807, 2.05) is 0 Å². The summed E-state index contributed by atoms with van der Waals surface area (Å²) in [5.74, 6) is 0.263. The zero-order valence-corrected chi connectivity index (χ0v) is 11.6. The van der Waals surface area contributed by atoms with Gasteiger partial charge < -0.3 is 24.7 Å². The molecule has 0 aliphatic carbocycles. The van der Waals surface area contributed by atoms with Crippen LogP contribution in [0.5, 0.6) is 11.5 Å². The van der Waals surface area contributed by atoms with Crippen molar-refractivity contribution in [3.05, 3.63) is 27.8 Å². The van der Waals surface area contributed by atoms with Gasteiger partial charge in [-0.1, -0.05) is 0 Å². The Hall–Kier alpha value is -1.90. The van der Waals surface area contributed by atoms with E-state index in [1.54, 1.807) is 6.07 Å². The Bertz CT molecular complexity index is 462. The monoisotopic (exact) mass is 286 g/mol. The first-order valence-corrected chi connectivity index (χ1v) is 5.84. The molecule has 0 saturated carbocycles. The molecule has 8 nitrogen and oxygen atoms in total. The summed E-state index contributed by atoms with van der Waals surface area (Å²) < 4.78 is 20.5. The summed E-state index contributed by atoms with van der Waals surface area (Å²) in [6.45, 7) is 0.516. The minimum absolute atomic E-state index is 0.0139. The number of hydrogen-bond acceptors (Lipinski definition) is 7. The number of nitro groups is 1. The van der Waals surface area contributed by atoms with E-state index >= 15 is 0 Å². The molecular formula is C12H18N2O6. The van der Waals surface area contributed by atoms with Crippen molar-refractivity contribution in [3.63, 3.8) is 0 Å². The van der Waals surface area contributed by atoms with E-state index < -0.39 is 11.2 Å². The molecule has 0 bridgehead atoms. The van der Waals surface area contributed by atoms with Crippen LogP contribution in [-0.4, -0.2) is 39.4 Å². The largest absolute Gasteiger partial charge is 0.488 e. The molecule has 1 aromatic rings. The molecule has 20 heavy (non-hydrogen) atoms. The van der Waals surface area contributed by atoms with Crippen LogP contribution in [0.15, 0.2) is 12.1 Å². The molecule has 1 rings (SSSR count). The lowest BCUT2D eigenvalue weighted by Crippen LogP contribution is -2.13. The lowest BCUT2D eigenvalue weighted by atomic mass is 10.1. The number of methoxy groups -OCH3 is 3. The van der Waals surface area contributed by atoms with Crippen molar-refractivity contribution in [3.8, 4) is 11.5 Å². The Balaban J connectivity index is 3.37. The molecule has 1 aromatic carbocycles. The third-order valence-electron chi connectivity index (χ3n) is 2.57. The first-order chi connectivity index (χ1) is 9.60. The zero-order chi connectivity index (χ0) is 15.1. The van der Waals surface area contributed by atoms with Crippen LogP contribution in [0.3, 0.4) is 0 Å². The minimum Gasteiger partial charge on any atom is -0.488 e. The van der Waals surface area contributed by atoms with Crippen molar-refractivity contribution >= 4 is 5.69 Å². The van der Waals surface area contributed by atoms with Gasteiger partial charge in [0.15, 0.2) is 12.0 Å². The molecule has 0 aliphatic heterocycles. The predicted octanol–water partition coefficient (Wildman–Crippen LogP) is 1.23. The molecule has 0 spiro atoms. The molecule has 0 fully saturated rings. The van der Waals surface area contributed by atoms with Crippen molar-refractivity contribution in [2.75, 3.05) is 34.5 Å². The molecule has 0 amide bonds. The topological polar surface area (TPSA) is 106 Å². The SMILES string of the molecule is COc1c(OCCN)ccc(C(OC)OC)c1[N+](=O)[O-]. The van der Waals surface area contributed by atoms with Gasteiger partial charge in [0, 0.05) is 20.8 Å². The fourth-order valence-electron chi connectivity index (χ4n) is 1.78. The van der Waals surface area contributed by atoms with Gasteiger partial charge in [0.05, 0.1) is 17.6 Å². The Labute approximate surface area is 116 Å². The third-order valence-corrected chi connectivity index (χ3v) is 2.57. The van der Waals surface area contributed by atoms with Crippen LogP contribution in [0.4, 0.5) is 5.69 Å². The zero-order valence-electron chi connectivity index (χ0n) is 11.6. The molecule has 0 heterocycles. The third kappa shape index (κ3) is 3.35. The van der Waals surface area contributed by atoms with Crippen LogP contribution >= 0.6 is 0 Å². The molecular weight excluding hydrogens is 268 g/mol. The molecule has 0 aliphatic rings. The number of hydrogen-bond donors (Lipinski definition) is 1. The van der Waals surface area contributed by atoms with Crippen molar-refractivity contribution in [2.24, 2.45) is 5.73 Å². The summed E-state index contributed by atoms with van der Waals surface area (Å²) in [5.41, 5.74) is 5.34. The first kappa shape index (κ1) is 16.2. The Morgan fingerprint density at radius 1 is 1.30 bits per heavy atom. The Kier molecular flexibility index (Phi) is 6.16. The van der Waals surface area contributed by atoms with E-state index in [-0.39, 0.29) is 35.9 Å². The van der Waals surface area contributed by atoms with Gasteiger partial charge >= 0.3 is 5.69 Å². The highest BCUT2D eigenvalue weighted by Crippen LogP contribution is 2.42. The molecule has 0 aromatic heterocycles. The van der Waals surface area contributed by atoms with E-state index in [4.69, 9.17) is 24.7 Å². The molecule has 0 radical (unpaired) electrons. The first-order valence-electron chi connectivity index (χ1n) is 5.84. The lowest BCUT2D eigenvalue weighted by molar-refractivity contribution is -0.388. The van der Waals surface area contributed by atoms with Crippen LogP contribution in [-0.2, 0) is 9.47 Å². The lowest BCUT2D eigenvalue weighted by Gasteiger charge is -2.17. The maximum Gasteiger partial charge on any atom is 0.323 e. The van der Waals surface area contributed by atoms with Crippen molar-refractivity contribution in [1.82, 2.24) is 0 Å². The van der Waals surface area contributed by atoms with Gasteiger partial charge in [-0.3, -0.25) is 10.1 Å². The van der Waals surface area contributed by atoms with Gasteiger partial charge in [0.1, 0.15) is 6.61 Å². The number of nitro benzene ring substituents is 1. The van der Waals surface area contributed by atoms with Gasteiger partial charge in [0.25, 0.3) is 0 Å². The smallest absolute Gasteiger partial charge is 0.323 e. The maximum atomic E-state index is 11.3. The normalized spacial score (nSPS) is 10.7. The summed E-state index contributed by atoms with van der Waals surface area (Å²) in [6.07, 6.45) is -0.868. The summed E-state index contributed by atoms with van der Waals surface area (Å²) in [6, 6.07) is 3.06. The molecule has 0 saturated heterocycles. The number of rotatable bonds is 8. The van der Waals surface area contributed by atoms with Crippen molar-refractivity contribution in [2.45, 2.75) is 6.29 Å². The fourth-order valence-corrected chi connectivity index (χ4v) is 1.78. The summed E-state index contributed by atoms with van der Waals surface area (Å²) in [4.78, 5) is 10.7. The maximum absolute atomic E-state index is 11.3. The highest BCUT2D eigenvalue weighted by atomic mass is 16.7. The molecule has 2 N–H and O–H groups in total. The predicted molar refractivity (Wildman–Crippen MR) is 71.0 cm³/mol. The van der Waals surface area contributed by atoms with E-state index in [0.717, 1.165) is 0 Å². The Morgan fingerprint density at radius 3 is 2.40 bits per heavy atom. The van der Waals surface area contributed by atoms with Gasteiger partial charge in [-0.15, -0.1) is 0 Å². The van der Waals surface area contributed by atoms with E-state index in [1.165, 1.54) is 27.4 Å². The average Bonchev–Trinajstić information content (AvgIpc) is 2.45. The second-order valence-electron chi connectivity index (χ2n) is 3.73. The van der Waals surface area contributed by atoms with Crippen molar-refractivity contribution < 1.29 is 23.9 Å². The van der Waals surface area contributed by atoms with Crippen molar-refractivity contribution in [1.29, 1.82) is 0 Å². The summed E-state index contributed by atoms with van der Waals surface area (Å²) in [5, 5.41) is 11.3. The van der Waals surface area contributed by atoms with Gasteiger partial charge in [-0.2, -0.15) is 0 Å².